The maximum absolute atomic E-state index is 8.88. The van der Waals surface area contributed by atoms with E-state index in [-0.39, 0.29) is 6.04 Å². The molecule has 1 unspecified atom stereocenters. The summed E-state index contributed by atoms with van der Waals surface area (Å²) in [6.07, 6.45) is 0.846. The van der Waals surface area contributed by atoms with Crippen LogP contribution in [0.4, 0.5) is 0 Å². The maximum atomic E-state index is 8.88. The number of benzene rings is 2. The average Bonchev–Trinajstić information content (AvgIpc) is 2.47. The van der Waals surface area contributed by atoms with Gasteiger partial charge in [0.15, 0.2) is 0 Å². The topological polar surface area (TPSA) is 59.0 Å². The lowest BCUT2D eigenvalue weighted by atomic mass is 10.0. The van der Waals surface area contributed by atoms with Crippen LogP contribution in [0.15, 0.2) is 48.5 Å². The van der Waals surface area contributed by atoms with E-state index in [2.05, 4.69) is 6.07 Å². The summed E-state index contributed by atoms with van der Waals surface area (Å²) >= 11 is 0. The van der Waals surface area contributed by atoms with Crippen LogP contribution in [0.5, 0.6) is 11.5 Å². The molecule has 0 aliphatic heterocycles. The Balaban J connectivity index is 2.30. The van der Waals surface area contributed by atoms with Crippen molar-refractivity contribution in [2.75, 3.05) is 0 Å². The van der Waals surface area contributed by atoms with Crippen molar-refractivity contribution in [1.82, 2.24) is 0 Å². The van der Waals surface area contributed by atoms with Gasteiger partial charge in [-0.2, -0.15) is 5.26 Å². The molecule has 0 bridgehead atoms. The molecule has 0 aromatic heterocycles. The lowest BCUT2D eigenvalue weighted by Crippen LogP contribution is -2.09. The Morgan fingerprint density at radius 1 is 1.21 bits per heavy atom. The highest BCUT2D eigenvalue weighted by molar-refractivity contribution is 5.42. The normalized spacial score (nSPS) is 11.6. The van der Waals surface area contributed by atoms with Crippen LogP contribution in [0.1, 0.15) is 30.5 Å². The van der Waals surface area contributed by atoms with Crippen molar-refractivity contribution in [3.8, 4) is 17.6 Å². The summed E-state index contributed by atoms with van der Waals surface area (Å²) in [5.41, 5.74) is 7.63. The molecule has 2 rings (SSSR count). The standard InChI is InChI=1S/C16H16N2O/c1-2-15(18)14-8-3-4-9-16(14)19-13-7-5-6-12(10-13)11-17/h3-10,15H,2,18H2,1H3. The number of para-hydroxylation sites is 1. The third kappa shape index (κ3) is 3.12. The molecule has 0 amide bonds. The van der Waals surface area contributed by atoms with Crippen molar-refractivity contribution in [1.29, 1.82) is 5.26 Å². The van der Waals surface area contributed by atoms with Gasteiger partial charge in [-0.3, -0.25) is 0 Å². The first-order chi connectivity index (χ1) is 9.24. The Morgan fingerprint density at radius 2 is 2.00 bits per heavy atom. The van der Waals surface area contributed by atoms with E-state index < -0.39 is 0 Å². The fourth-order valence-corrected chi connectivity index (χ4v) is 1.86. The van der Waals surface area contributed by atoms with Gasteiger partial charge in [-0.25, -0.2) is 0 Å². The number of rotatable bonds is 4. The third-order valence-corrected chi connectivity index (χ3v) is 2.95. The predicted octanol–water partition coefficient (Wildman–Crippen LogP) is 3.76. The second kappa shape index (κ2) is 6.03. The molecule has 2 N–H and O–H groups in total. The number of nitriles is 1. The van der Waals surface area contributed by atoms with Crippen molar-refractivity contribution in [3.05, 3.63) is 59.7 Å². The first kappa shape index (κ1) is 13.1. The van der Waals surface area contributed by atoms with E-state index in [0.29, 0.717) is 11.3 Å². The third-order valence-electron chi connectivity index (χ3n) is 2.95. The highest BCUT2D eigenvalue weighted by atomic mass is 16.5. The molecule has 0 aliphatic rings. The van der Waals surface area contributed by atoms with Crippen LogP contribution in [0.25, 0.3) is 0 Å². The Hall–Kier alpha value is -2.31. The molecule has 19 heavy (non-hydrogen) atoms. The minimum atomic E-state index is -0.0460. The van der Waals surface area contributed by atoms with E-state index in [9.17, 15) is 0 Å². The van der Waals surface area contributed by atoms with E-state index in [1.807, 2.05) is 37.3 Å². The molecule has 0 radical (unpaired) electrons. The van der Waals surface area contributed by atoms with Gasteiger partial charge in [0.05, 0.1) is 11.6 Å². The Bertz CT molecular complexity index is 602. The van der Waals surface area contributed by atoms with Crippen LogP contribution in [-0.2, 0) is 0 Å². The predicted molar refractivity (Wildman–Crippen MR) is 74.9 cm³/mol. The maximum Gasteiger partial charge on any atom is 0.132 e. The zero-order chi connectivity index (χ0) is 13.7. The van der Waals surface area contributed by atoms with E-state index in [0.717, 1.165) is 17.7 Å². The van der Waals surface area contributed by atoms with Crippen molar-refractivity contribution in [2.24, 2.45) is 5.73 Å². The molecular formula is C16H16N2O. The van der Waals surface area contributed by atoms with Gasteiger partial charge in [0.1, 0.15) is 11.5 Å². The lowest BCUT2D eigenvalue weighted by Gasteiger charge is -2.15. The lowest BCUT2D eigenvalue weighted by molar-refractivity contribution is 0.468. The summed E-state index contributed by atoms with van der Waals surface area (Å²) < 4.78 is 5.84. The Morgan fingerprint density at radius 3 is 2.74 bits per heavy atom. The van der Waals surface area contributed by atoms with Crippen LogP contribution in [0.3, 0.4) is 0 Å². The zero-order valence-electron chi connectivity index (χ0n) is 10.8. The monoisotopic (exact) mass is 252 g/mol. The SMILES string of the molecule is CCC(N)c1ccccc1Oc1cccc(C#N)c1. The van der Waals surface area contributed by atoms with Crippen molar-refractivity contribution in [2.45, 2.75) is 19.4 Å². The molecule has 96 valence electrons. The first-order valence-electron chi connectivity index (χ1n) is 6.27. The molecular weight excluding hydrogens is 236 g/mol. The number of hydrogen-bond acceptors (Lipinski definition) is 3. The van der Waals surface area contributed by atoms with E-state index in [1.165, 1.54) is 0 Å². The smallest absolute Gasteiger partial charge is 0.132 e. The molecule has 0 fully saturated rings. The number of nitrogens with zero attached hydrogens (tertiary/aromatic N) is 1. The minimum Gasteiger partial charge on any atom is -0.457 e. The van der Waals surface area contributed by atoms with Crippen molar-refractivity contribution < 1.29 is 4.74 Å². The second-order valence-electron chi connectivity index (χ2n) is 4.29. The van der Waals surface area contributed by atoms with Gasteiger partial charge >= 0.3 is 0 Å². The average molecular weight is 252 g/mol. The van der Waals surface area contributed by atoms with Gasteiger partial charge in [0.2, 0.25) is 0 Å². The van der Waals surface area contributed by atoms with E-state index in [1.54, 1.807) is 18.2 Å². The van der Waals surface area contributed by atoms with Crippen LogP contribution in [0, 0.1) is 11.3 Å². The molecule has 1 atom stereocenters. The van der Waals surface area contributed by atoms with E-state index >= 15 is 0 Å². The summed E-state index contributed by atoms with van der Waals surface area (Å²) in [7, 11) is 0. The molecule has 2 aromatic rings. The van der Waals surface area contributed by atoms with Gasteiger partial charge in [0.25, 0.3) is 0 Å². The van der Waals surface area contributed by atoms with Gasteiger partial charge in [0, 0.05) is 11.6 Å². The second-order valence-corrected chi connectivity index (χ2v) is 4.29. The number of nitrogens with two attached hydrogens (primary N) is 1. The Kier molecular flexibility index (Phi) is 4.17. The first-order valence-corrected chi connectivity index (χ1v) is 6.27. The number of ether oxygens (including phenoxy) is 1. The summed E-state index contributed by atoms with van der Waals surface area (Å²) in [6.45, 7) is 2.04. The molecule has 2 aromatic carbocycles. The van der Waals surface area contributed by atoms with E-state index in [4.69, 9.17) is 15.7 Å². The van der Waals surface area contributed by atoms with Gasteiger partial charge < -0.3 is 10.5 Å². The van der Waals surface area contributed by atoms with Crippen molar-refractivity contribution >= 4 is 0 Å². The number of hydrogen-bond donors (Lipinski definition) is 1. The molecule has 0 heterocycles. The van der Waals surface area contributed by atoms with Crippen LogP contribution in [-0.4, -0.2) is 0 Å². The summed E-state index contributed by atoms with van der Waals surface area (Å²) in [5, 5.41) is 8.88. The van der Waals surface area contributed by atoms with Crippen molar-refractivity contribution in [3.63, 3.8) is 0 Å². The highest BCUT2D eigenvalue weighted by Gasteiger charge is 2.10. The molecule has 3 nitrogen and oxygen atoms in total. The summed E-state index contributed by atoms with van der Waals surface area (Å²) in [6, 6.07) is 16.9. The molecule has 0 aliphatic carbocycles. The largest absolute Gasteiger partial charge is 0.457 e. The quantitative estimate of drug-likeness (QED) is 0.901. The van der Waals surface area contributed by atoms with Crippen LogP contribution >= 0.6 is 0 Å². The highest BCUT2D eigenvalue weighted by Crippen LogP contribution is 2.30. The Labute approximate surface area is 113 Å². The minimum absolute atomic E-state index is 0.0460. The van der Waals surface area contributed by atoms with Crippen LogP contribution < -0.4 is 10.5 Å². The van der Waals surface area contributed by atoms with Gasteiger partial charge in [-0.1, -0.05) is 31.2 Å². The fourth-order valence-electron chi connectivity index (χ4n) is 1.86. The van der Waals surface area contributed by atoms with Gasteiger partial charge in [-0.05, 0) is 30.7 Å². The van der Waals surface area contributed by atoms with Gasteiger partial charge in [-0.15, -0.1) is 0 Å². The molecule has 0 spiro atoms. The molecule has 0 saturated heterocycles. The summed E-state index contributed by atoms with van der Waals surface area (Å²) in [4.78, 5) is 0. The fraction of sp³-hybridized carbons (Fsp3) is 0.188. The van der Waals surface area contributed by atoms with Crippen LogP contribution in [0.2, 0.25) is 0 Å². The zero-order valence-corrected chi connectivity index (χ0v) is 10.8. The summed E-state index contributed by atoms with van der Waals surface area (Å²) in [5.74, 6) is 1.39. The molecule has 0 saturated carbocycles. The molecule has 3 heteroatoms.